The Balaban J connectivity index is 1.68. The molecule has 2 N–H and O–H groups in total. The molecule has 20 heavy (non-hydrogen) atoms. The van der Waals surface area contributed by atoms with Crippen LogP contribution < -0.4 is 10.1 Å². The number of aromatic hydroxyl groups is 1. The number of carbonyl (C=O) groups is 1. The van der Waals surface area contributed by atoms with Gasteiger partial charge in [-0.1, -0.05) is 30.3 Å². The van der Waals surface area contributed by atoms with Crippen molar-refractivity contribution in [3.63, 3.8) is 0 Å². The Morgan fingerprint density at radius 1 is 1.10 bits per heavy atom. The van der Waals surface area contributed by atoms with Gasteiger partial charge in [0.2, 0.25) is 5.91 Å². The molecule has 0 radical (unpaired) electrons. The molecular weight excluding hydrogens is 254 g/mol. The number of ether oxygens (including phenoxy) is 1. The SMILES string of the molecule is O=C(CCOc1ccccc1)NCc1cccc(O)c1. The highest BCUT2D eigenvalue weighted by molar-refractivity contribution is 5.76. The molecule has 0 saturated heterocycles. The lowest BCUT2D eigenvalue weighted by molar-refractivity contribution is -0.121. The molecular formula is C16H17NO3. The number of phenols is 1. The van der Waals surface area contributed by atoms with Gasteiger partial charge >= 0.3 is 0 Å². The van der Waals surface area contributed by atoms with E-state index in [4.69, 9.17) is 4.74 Å². The van der Waals surface area contributed by atoms with Crippen LogP contribution in [0.5, 0.6) is 11.5 Å². The van der Waals surface area contributed by atoms with Crippen molar-refractivity contribution >= 4 is 5.91 Å². The van der Waals surface area contributed by atoms with Crippen molar-refractivity contribution in [2.45, 2.75) is 13.0 Å². The summed E-state index contributed by atoms with van der Waals surface area (Å²) in [4.78, 5) is 11.6. The van der Waals surface area contributed by atoms with Crippen molar-refractivity contribution in [2.75, 3.05) is 6.61 Å². The van der Waals surface area contributed by atoms with Crippen LogP contribution in [0.1, 0.15) is 12.0 Å². The van der Waals surface area contributed by atoms with Gasteiger partial charge in [0, 0.05) is 6.54 Å². The topological polar surface area (TPSA) is 58.6 Å². The highest BCUT2D eigenvalue weighted by Gasteiger charge is 2.02. The van der Waals surface area contributed by atoms with Gasteiger partial charge < -0.3 is 15.2 Å². The fourth-order valence-electron chi connectivity index (χ4n) is 1.73. The fraction of sp³-hybridized carbons (Fsp3) is 0.188. The van der Waals surface area contributed by atoms with Crippen LogP contribution in [-0.2, 0) is 11.3 Å². The summed E-state index contributed by atoms with van der Waals surface area (Å²) in [5.74, 6) is 0.877. The van der Waals surface area contributed by atoms with Gasteiger partial charge in [-0.2, -0.15) is 0 Å². The monoisotopic (exact) mass is 271 g/mol. The van der Waals surface area contributed by atoms with E-state index in [0.29, 0.717) is 19.6 Å². The summed E-state index contributed by atoms with van der Waals surface area (Å²) in [5.41, 5.74) is 0.863. The summed E-state index contributed by atoms with van der Waals surface area (Å²) in [5, 5.41) is 12.1. The molecule has 0 unspecified atom stereocenters. The molecule has 0 aliphatic heterocycles. The summed E-state index contributed by atoms with van der Waals surface area (Å²) < 4.78 is 5.45. The third-order valence-corrected chi connectivity index (χ3v) is 2.74. The second kappa shape index (κ2) is 7.19. The first-order valence-electron chi connectivity index (χ1n) is 6.46. The lowest BCUT2D eigenvalue weighted by Gasteiger charge is -2.07. The molecule has 0 saturated carbocycles. The van der Waals surface area contributed by atoms with Crippen molar-refractivity contribution in [2.24, 2.45) is 0 Å². The number of hydrogen-bond acceptors (Lipinski definition) is 3. The van der Waals surface area contributed by atoms with Crippen LogP contribution in [0.25, 0.3) is 0 Å². The van der Waals surface area contributed by atoms with E-state index in [1.54, 1.807) is 18.2 Å². The van der Waals surface area contributed by atoms with Crippen LogP contribution >= 0.6 is 0 Å². The predicted molar refractivity (Wildman–Crippen MR) is 76.5 cm³/mol. The van der Waals surface area contributed by atoms with Crippen molar-refractivity contribution in [1.82, 2.24) is 5.32 Å². The maximum Gasteiger partial charge on any atom is 0.223 e. The third kappa shape index (κ3) is 4.65. The van der Waals surface area contributed by atoms with E-state index < -0.39 is 0 Å². The second-order valence-corrected chi connectivity index (χ2v) is 4.36. The van der Waals surface area contributed by atoms with Crippen LogP contribution in [0.3, 0.4) is 0 Å². The quantitative estimate of drug-likeness (QED) is 0.848. The van der Waals surface area contributed by atoms with Gasteiger partial charge in [-0.25, -0.2) is 0 Å². The van der Waals surface area contributed by atoms with E-state index in [-0.39, 0.29) is 11.7 Å². The molecule has 0 aromatic heterocycles. The van der Waals surface area contributed by atoms with E-state index >= 15 is 0 Å². The average molecular weight is 271 g/mol. The van der Waals surface area contributed by atoms with Crippen molar-refractivity contribution in [3.8, 4) is 11.5 Å². The Bertz CT molecular complexity index is 555. The van der Waals surface area contributed by atoms with Gasteiger partial charge in [0.1, 0.15) is 11.5 Å². The molecule has 0 atom stereocenters. The average Bonchev–Trinajstić information content (AvgIpc) is 2.46. The highest BCUT2D eigenvalue weighted by atomic mass is 16.5. The molecule has 2 rings (SSSR count). The van der Waals surface area contributed by atoms with E-state index in [9.17, 15) is 9.90 Å². The molecule has 2 aromatic carbocycles. The van der Waals surface area contributed by atoms with Gasteiger partial charge in [0.05, 0.1) is 13.0 Å². The normalized spacial score (nSPS) is 10.0. The van der Waals surface area contributed by atoms with Crippen molar-refractivity contribution < 1.29 is 14.6 Å². The predicted octanol–water partition coefficient (Wildman–Crippen LogP) is 2.48. The first-order chi connectivity index (χ1) is 9.74. The molecule has 4 nitrogen and oxygen atoms in total. The van der Waals surface area contributed by atoms with Gasteiger partial charge in [-0.05, 0) is 29.8 Å². The number of phenolic OH excluding ortho intramolecular Hbond substituents is 1. The molecule has 2 aromatic rings. The Morgan fingerprint density at radius 2 is 1.90 bits per heavy atom. The van der Waals surface area contributed by atoms with Crippen LogP contribution in [0.15, 0.2) is 54.6 Å². The first-order valence-corrected chi connectivity index (χ1v) is 6.46. The Hall–Kier alpha value is -2.49. The number of benzene rings is 2. The summed E-state index contributed by atoms with van der Waals surface area (Å²) in [7, 11) is 0. The van der Waals surface area contributed by atoms with E-state index in [1.165, 1.54) is 0 Å². The zero-order chi connectivity index (χ0) is 14.2. The number of amides is 1. The summed E-state index contributed by atoms with van der Waals surface area (Å²) >= 11 is 0. The zero-order valence-corrected chi connectivity index (χ0v) is 11.1. The molecule has 0 fully saturated rings. The lowest BCUT2D eigenvalue weighted by Crippen LogP contribution is -2.24. The van der Waals surface area contributed by atoms with Crippen LogP contribution in [0.4, 0.5) is 0 Å². The third-order valence-electron chi connectivity index (χ3n) is 2.74. The van der Waals surface area contributed by atoms with E-state index in [2.05, 4.69) is 5.32 Å². The molecule has 0 heterocycles. The largest absolute Gasteiger partial charge is 0.508 e. The highest BCUT2D eigenvalue weighted by Crippen LogP contribution is 2.10. The molecule has 104 valence electrons. The number of rotatable bonds is 6. The second-order valence-electron chi connectivity index (χ2n) is 4.36. The minimum Gasteiger partial charge on any atom is -0.508 e. The van der Waals surface area contributed by atoms with Crippen molar-refractivity contribution in [1.29, 1.82) is 0 Å². The standard InChI is InChI=1S/C16H17NO3/c18-14-6-4-5-13(11-14)12-17-16(19)9-10-20-15-7-2-1-3-8-15/h1-8,11,18H,9-10,12H2,(H,17,19). The minimum atomic E-state index is -0.0794. The smallest absolute Gasteiger partial charge is 0.223 e. The van der Waals surface area contributed by atoms with E-state index in [0.717, 1.165) is 11.3 Å². The van der Waals surface area contributed by atoms with Crippen molar-refractivity contribution in [3.05, 3.63) is 60.2 Å². The molecule has 0 spiro atoms. The first kappa shape index (κ1) is 13.9. The van der Waals surface area contributed by atoms with Gasteiger partial charge in [-0.3, -0.25) is 4.79 Å². The Kier molecular flexibility index (Phi) is 5.00. The molecule has 0 aliphatic rings. The fourth-order valence-corrected chi connectivity index (χ4v) is 1.73. The van der Waals surface area contributed by atoms with Gasteiger partial charge in [-0.15, -0.1) is 0 Å². The van der Waals surface area contributed by atoms with Crippen LogP contribution in [0, 0.1) is 0 Å². The number of para-hydroxylation sites is 1. The maximum atomic E-state index is 11.6. The van der Waals surface area contributed by atoms with Crippen LogP contribution in [0.2, 0.25) is 0 Å². The maximum absolute atomic E-state index is 11.6. The minimum absolute atomic E-state index is 0.0794. The number of carbonyl (C=O) groups excluding carboxylic acids is 1. The molecule has 0 bridgehead atoms. The lowest BCUT2D eigenvalue weighted by atomic mass is 10.2. The Labute approximate surface area is 118 Å². The Morgan fingerprint density at radius 3 is 2.65 bits per heavy atom. The zero-order valence-electron chi connectivity index (χ0n) is 11.1. The molecule has 1 amide bonds. The molecule has 4 heteroatoms. The summed E-state index contributed by atoms with van der Waals surface area (Å²) in [6, 6.07) is 16.2. The van der Waals surface area contributed by atoms with E-state index in [1.807, 2.05) is 36.4 Å². The summed E-state index contributed by atoms with van der Waals surface area (Å²) in [6.45, 7) is 0.745. The summed E-state index contributed by atoms with van der Waals surface area (Å²) in [6.07, 6.45) is 0.299. The van der Waals surface area contributed by atoms with Gasteiger partial charge in [0.25, 0.3) is 0 Å². The van der Waals surface area contributed by atoms with Crippen LogP contribution in [-0.4, -0.2) is 17.6 Å². The number of hydrogen-bond donors (Lipinski definition) is 2. The number of nitrogens with one attached hydrogen (secondary N) is 1. The van der Waals surface area contributed by atoms with Gasteiger partial charge in [0.15, 0.2) is 0 Å². The molecule has 0 aliphatic carbocycles.